The lowest BCUT2D eigenvalue weighted by molar-refractivity contribution is -0.0296. The van der Waals surface area contributed by atoms with Crippen molar-refractivity contribution in [2.24, 2.45) is 0 Å². The Morgan fingerprint density at radius 3 is 2.52 bits per heavy atom. The van der Waals surface area contributed by atoms with Gasteiger partial charge in [0.1, 0.15) is 11.4 Å². The Bertz CT molecular complexity index is 635. The first kappa shape index (κ1) is 17.9. The SMILES string of the molecule is Cc1ccc(C2(O)CCN(CCCCOc3ccccc3)CC2)nc1. The van der Waals surface area contributed by atoms with E-state index in [9.17, 15) is 5.11 Å². The number of unbranched alkanes of at least 4 members (excludes halogenated alkanes) is 1. The van der Waals surface area contributed by atoms with Gasteiger partial charge in [-0.05, 0) is 62.9 Å². The zero-order valence-corrected chi connectivity index (χ0v) is 15.0. The lowest BCUT2D eigenvalue weighted by Gasteiger charge is -2.37. The summed E-state index contributed by atoms with van der Waals surface area (Å²) in [5.41, 5.74) is 1.18. The van der Waals surface area contributed by atoms with Gasteiger partial charge in [0.25, 0.3) is 0 Å². The first-order valence-electron chi connectivity index (χ1n) is 9.21. The Kier molecular flexibility index (Phi) is 6.05. The molecule has 0 amide bonds. The fourth-order valence-electron chi connectivity index (χ4n) is 3.29. The highest BCUT2D eigenvalue weighted by atomic mass is 16.5. The minimum Gasteiger partial charge on any atom is -0.494 e. The number of rotatable bonds is 7. The highest BCUT2D eigenvalue weighted by molar-refractivity contribution is 5.21. The van der Waals surface area contributed by atoms with E-state index in [1.165, 1.54) is 0 Å². The number of benzene rings is 1. The van der Waals surface area contributed by atoms with Gasteiger partial charge in [-0.3, -0.25) is 4.98 Å². The van der Waals surface area contributed by atoms with Crippen LogP contribution >= 0.6 is 0 Å². The van der Waals surface area contributed by atoms with Crippen LogP contribution in [0.5, 0.6) is 5.75 Å². The second-order valence-electron chi connectivity index (χ2n) is 6.96. The standard InChI is InChI=1S/C21H28N2O2/c1-18-9-10-20(22-17-18)21(24)11-14-23(15-12-21)13-5-6-16-25-19-7-3-2-4-8-19/h2-4,7-10,17,24H,5-6,11-16H2,1H3. The molecule has 1 aliphatic heterocycles. The summed E-state index contributed by atoms with van der Waals surface area (Å²) < 4.78 is 5.73. The second-order valence-corrected chi connectivity index (χ2v) is 6.96. The molecule has 1 aromatic carbocycles. The number of nitrogens with zero attached hydrogens (tertiary/aromatic N) is 2. The van der Waals surface area contributed by atoms with Crippen LogP contribution in [0, 0.1) is 6.92 Å². The molecule has 0 radical (unpaired) electrons. The number of hydrogen-bond acceptors (Lipinski definition) is 4. The molecule has 1 N–H and O–H groups in total. The van der Waals surface area contributed by atoms with E-state index in [2.05, 4.69) is 9.88 Å². The van der Waals surface area contributed by atoms with Crippen molar-refractivity contribution in [3.63, 3.8) is 0 Å². The number of para-hydroxylation sites is 1. The minimum absolute atomic E-state index is 0.754. The minimum atomic E-state index is -0.763. The first-order chi connectivity index (χ1) is 12.2. The molecule has 0 atom stereocenters. The van der Waals surface area contributed by atoms with Gasteiger partial charge in [-0.25, -0.2) is 0 Å². The number of aliphatic hydroxyl groups is 1. The van der Waals surface area contributed by atoms with E-state index in [0.717, 1.165) is 68.9 Å². The lowest BCUT2D eigenvalue weighted by Crippen LogP contribution is -2.43. The summed E-state index contributed by atoms with van der Waals surface area (Å²) in [6.07, 6.45) is 5.52. The van der Waals surface area contributed by atoms with E-state index >= 15 is 0 Å². The van der Waals surface area contributed by atoms with E-state index in [1.807, 2.05) is 55.6 Å². The number of hydrogen-bond donors (Lipinski definition) is 1. The molecule has 1 aliphatic rings. The van der Waals surface area contributed by atoms with Gasteiger partial charge in [0.05, 0.1) is 12.3 Å². The van der Waals surface area contributed by atoms with Crippen molar-refractivity contribution in [1.82, 2.24) is 9.88 Å². The van der Waals surface area contributed by atoms with Crippen LogP contribution in [0.2, 0.25) is 0 Å². The van der Waals surface area contributed by atoms with Crippen LogP contribution in [-0.4, -0.2) is 41.2 Å². The van der Waals surface area contributed by atoms with Crippen molar-refractivity contribution in [2.45, 2.75) is 38.2 Å². The highest BCUT2D eigenvalue weighted by Crippen LogP contribution is 2.31. The smallest absolute Gasteiger partial charge is 0.119 e. The van der Waals surface area contributed by atoms with Crippen molar-refractivity contribution in [3.8, 4) is 5.75 Å². The Morgan fingerprint density at radius 2 is 1.84 bits per heavy atom. The van der Waals surface area contributed by atoms with Crippen molar-refractivity contribution in [3.05, 3.63) is 59.9 Å². The third-order valence-corrected chi connectivity index (χ3v) is 4.95. The third kappa shape index (κ3) is 5.03. The van der Waals surface area contributed by atoms with Crippen molar-refractivity contribution in [1.29, 1.82) is 0 Å². The molecule has 1 aromatic heterocycles. The maximum Gasteiger partial charge on any atom is 0.119 e. The lowest BCUT2D eigenvalue weighted by atomic mass is 9.87. The second kappa shape index (κ2) is 8.45. The summed E-state index contributed by atoms with van der Waals surface area (Å²) in [6, 6.07) is 14.0. The number of likely N-dealkylation sites (tertiary alicyclic amines) is 1. The van der Waals surface area contributed by atoms with Gasteiger partial charge in [-0.2, -0.15) is 0 Å². The molecule has 1 saturated heterocycles. The molecule has 1 fully saturated rings. The summed E-state index contributed by atoms with van der Waals surface area (Å²) in [5, 5.41) is 10.9. The van der Waals surface area contributed by atoms with Gasteiger partial charge in [0.15, 0.2) is 0 Å². The average molecular weight is 340 g/mol. The molecule has 0 unspecified atom stereocenters. The summed E-state index contributed by atoms with van der Waals surface area (Å²) in [5.74, 6) is 0.941. The molecular formula is C21H28N2O2. The summed E-state index contributed by atoms with van der Waals surface area (Å²) in [4.78, 5) is 6.86. The van der Waals surface area contributed by atoms with Crippen LogP contribution < -0.4 is 4.74 Å². The van der Waals surface area contributed by atoms with E-state index in [1.54, 1.807) is 0 Å². The molecule has 134 valence electrons. The van der Waals surface area contributed by atoms with Crippen molar-refractivity contribution < 1.29 is 9.84 Å². The Labute approximate surface area is 150 Å². The number of aryl methyl sites for hydroxylation is 1. The van der Waals surface area contributed by atoms with E-state index in [0.29, 0.717) is 0 Å². The van der Waals surface area contributed by atoms with Gasteiger partial charge >= 0.3 is 0 Å². The molecule has 25 heavy (non-hydrogen) atoms. The fraction of sp³-hybridized carbons (Fsp3) is 0.476. The molecule has 0 aliphatic carbocycles. The van der Waals surface area contributed by atoms with E-state index < -0.39 is 5.60 Å². The van der Waals surface area contributed by atoms with E-state index in [-0.39, 0.29) is 0 Å². The third-order valence-electron chi connectivity index (χ3n) is 4.95. The highest BCUT2D eigenvalue weighted by Gasteiger charge is 2.34. The summed E-state index contributed by atoms with van der Waals surface area (Å²) in [7, 11) is 0. The Balaban J connectivity index is 1.36. The predicted octanol–water partition coefficient (Wildman–Crippen LogP) is 3.53. The molecule has 0 bridgehead atoms. The average Bonchev–Trinajstić information content (AvgIpc) is 2.64. The van der Waals surface area contributed by atoms with Crippen LogP contribution in [0.15, 0.2) is 48.7 Å². The maximum absolute atomic E-state index is 10.9. The Morgan fingerprint density at radius 1 is 1.08 bits per heavy atom. The summed E-state index contributed by atoms with van der Waals surface area (Å²) in [6.45, 7) is 5.69. The first-order valence-corrected chi connectivity index (χ1v) is 9.21. The molecule has 3 rings (SSSR count). The molecule has 0 spiro atoms. The van der Waals surface area contributed by atoms with Gasteiger partial charge in [0, 0.05) is 19.3 Å². The van der Waals surface area contributed by atoms with Crippen LogP contribution in [0.4, 0.5) is 0 Å². The quantitative estimate of drug-likeness (QED) is 0.783. The normalized spacial score (nSPS) is 17.4. The van der Waals surface area contributed by atoms with Crippen LogP contribution in [0.3, 0.4) is 0 Å². The largest absolute Gasteiger partial charge is 0.494 e. The number of ether oxygens (including phenoxy) is 1. The summed E-state index contributed by atoms with van der Waals surface area (Å²) >= 11 is 0. The van der Waals surface area contributed by atoms with Crippen LogP contribution in [-0.2, 0) is 5.60 Å². The molecular weight excluding hydrogens is 312 g/mol. The zero-order valence-electron chi connectivity index (χ0n) is 15.0. The number of aromatic nitrogens is 1. The number of pyridine rings is 1. The van der Waals surface area contributed by atoms with Crippen LogP contribution in [0.25, 0.3) is 0 Å². The molecule has 2 aromatic rings. The van der Waals surface area contributed by atoms with E-state index in [4.69, 9.17) is 4.74 Å². The fourth-order valence-corrected chi connectivity index (χ4v) is 3.29. The van der Waals surface area contributed by atoms with Gasteiger partial charge in [-0.1, -0.05) is 24.3 Å². The predicted molar refractivity (Wildman–Crippen MR) is 99.7 cm³/mol. The molecule has 4 heteroatoms. The molecule has 4 nitrogen and oxygen atoms in total. The topological polar surface area (TPSA) is 45.6 Å². The van der Waals surface area contributed by atoms with Gasteiger partial charge < -0.3 is 14.7 Å². The van der Waals surface area contributed by atoms with Crippen LogP contribution in [0.1, 0.15) is 36.9 Å². The number of piperidine rings is 1. The zero-order chi connectivity index (χ0) is 17.5. The van der Waals surface area contributed by atoms with Crippen molar-refractivity contribution >= 4 is 0 Å². The van der Waals surface area contributed by atoms with Gasteiger partial charge in [0.2, 0.25) is 0 Å². The monoisotopic (exact) mass is 340 g/mol. The Hall–Kier alpha value is -1.91. The van der Waals surface area contributed by atoms with Crippen molar-refractivity contribution in [2.75, 3.05) is 26.2 Å². The maximum atomic E-state index is 10.9. The molecule has 2 heterocycles. The molecule has 0 saturated carbocycles. The van der Waals surface area contributed by atoms with Gasteiger partial charge in [-0.15, -0.1) is 0 Å².